The Kier molecular flexibility index (Phi) is 4.61. The third-order valence-corrected chi connectivity index (χ3v) is 2.90. The number of benzene rings is 1. The van der Waals surface area contributed by atoms with Crippen LogP contribution >= 0.6 is 11.6 Å². The van der Waals surface area contributed by atoms with E-state index in [1.807, 2.05) is 0 Å². The highest BCUT2D eigenvalue weighted by Crippen LogP contribution is 2.20. The van der Waals surface area contributed by atoms with E-state index >= 15 is 0 Å². The third kappa shape index (κ3) is 3.71. The van der Waals surface area contributed by atoms with Gasteiger partial charge in [0.25, 0.3) is 6.43 Å². The van der Waals surface area contributed by atoms with Crippen molar-refractivity contribution in [3.8, 4) is 0 Å². The van der Waals surface area contributed by atoms with Crippen LogP contribution < -0.4 is 0 Å². The van der Waals surface area contributed by atoms with Gasteiger partial charge in [0.2, 0.25) is 5.89 Å². The van der Waals surface area contributed by atoms with Crippen molar-refractivity contribution in [1.29, 1.82) is 0 Å². The second-order valence-corrected chi connectivity index (χ2v) is 4.53. The molecule has 20 heavy (non-hydrogen) atoms. The fourth-order valence-corrected chi connectivity index (χ4v) is 1.78. The van der Waals surface area contributed by atoms with Gasteiger partial charge in [-0.1, -0.05) is 22.8 Å². The van der Waals surface area contributed by atoms with Crippen molar-refractivity contribution in [2.75, 3.05) is 0 Å². The van der Waals surface area contributed by atoms with Crippen molar-refractivity contribution >= 4 is 11.6 Å². The van der Waals surface area contributed by atoms with Crippen LogP contribution in [-0.4, -0.2) is 27.8 Å². The van der Waals surface area contributed by atoms with Crippen molar-refractivity contribution in [1.82, 2.24) is 10.1 Å². The smallest absolute Gasteiger partial charge is 0.264 e. The lowest BCUT2D eigenvalue weighted by molar-refractivity contribution is -0.00754. The maximum atomic E-state index is 12.9. The van der Waals surface area contributed by atoms with Gasteiger partial charge in [-0.3, -0.25) is 0 Å². The first-order valence-electron chi connectivity index (χ1n) is 5.67. The zero-order valence-electron chi connectivity index (χ0n) is 10.1. The number of rotatable bonds is 5. The zero-order valence-corrected chi connectivity index (χ0v) is 10.8. The minimum Gasteiger partial charge on any atom is -0.387 e. The normalized spacial score (nSPS) is 12.9. The van der Waals surface area contributed by atoms with E-state index in [0.29, 0.717) is 5.56 Å². The maximum absolute atomic E-state index is 12.9. The summed E-state index contributed by atoms with van der Waals surface area (Å²) in [5, 5.41) is 12.8. The van der Waals surface area contributed by atoms with Crippen LogP contribution in [0.5, 0.6) is 0 Å². The van der Waals surface area contributed by atoms with E-state index in [4.69, 9.17) is 21.2 Å². The maximum Gasteiger partial charge on any atom is 0.264 e. The van der Waals surface area contributed by atoms with Gasteiger partial charge in [0.1, 0.15) is 11.9 Å². The number of hydrogen-bond donors (Lipinski definition) is 1. The lowest BCUT2D eigenvalue weighted by Gasteiger charge is -2.04. The molecule has 0 spiro atoms. The highest BCUT2D eigenvalue weighted by atomic mass is 35.5. The molecule has 1 N–H and O–H groups in total. The molecule has 0 saturated carbocycles. The Morgan fingerprint density at radius 1 is 1.35 bits per heavy atom. The van der Waals surface area contributed by atoms with E-state index in [1.54, 1.807) is 0 Å². The van der Waals surface area contributed by atoms with Gasteiger partial charge in [0.15, 0.2) is 5.82 Å². The van der Waals surface area contributed by atoms with Crippen molar-refractivity contribution in [2.24, 2.45) is 0 Å². The van der Waals surface area contributed by atoms with E-state index in [2.05, 4.69) is 10.1 Å². The fraction of sp³-hybridized carbons (Fsp3) is 0.333. The Bertz CT molecular complexity index is 592. The van der Waals surface area contributed by atoms with E-state index in [-0.39, 0.29) is 23.2 Å². The molecule has 4 nitrogen and oxygen atoms in total. The molecule has 2 aromatic rings. The standard InChI is InChI=1S/C12H10ClF3N2O2/c13-8-4-7(14)2-1-6(8)3-10-17-11(20-18-10)5-9(19)12(15)16/h1-2,4,9,12,19H,3,5H2. The molecule has 0 aliphatic rings. The Balaban J connectivity index is 2.06. The monoisotopic (exact) mass is 306 g/mol. The van der Waals surface area contributed by atoms with Gasteiger partial charge in [0.05, 0.1) is 6.42 Å². The molecule has 1 heterocycles. The average molecular weight is 307 g/mol. The highest BCUT2D eigenvalue weighted by Gasteiger charge is 2.21. The summed E-state index contributed by atoms with van der Waals surface area (Å²) in [6, 6.07) is 3.86. The Morgan fingerprint density at radius 3 is 2.75 bits per heavy atom. The summed E-state index contributed by atoms with van der Waals surface area (Å²) in [5.74, 6) is -0.339. The quantitative estimate of drug-likeness (QED) is 0.922. The summed E-state index contributed by atoms with van der Waals surface area (Å²) in [6.45, 7) is 0. The number of aliphatic hydroxyl groups excluding tert-OH is 1. The third-order valence-electron chi connectivity index (χ3n) is 2.55. The molecule has 0 fully saturated rings. The van der Waals surface area contributed by atoms with Gasteiger partial charge in [-0.05, 0) is 17.7 Å². The van der Waals surface area contributed by atoms with E-state index in [1.165, 1.54) is 12.1 Å². The molecule has 0 radical (unpaired) electrons. The van der Waals surface area contributed by atoms with Crippen molar-refractivity contribution in [3.05, 3.63) is 46.3 Å². The Hall–Kier alpha value is -1.60. The summed E-state index contributed by atoms with van der Waals surface area (Å²) in [5.41, 5.74) is 0.579. The fourth-order valence-electron chi connectivity index (χ4n) is 1.55. The zero-order chi connectivity index (χ0) is 14.7. The molecule has 0 aliphatic heterocycles. The van der Waals surface area contributed by atoms with E-state index in [0.717, 1.165) is 6.07 Å². The van der Waals surface area contributed by atoms with Crippen LogP contribution in [0.15, 0.2) is 22.7 Å². The van der Waals surface area contributed by atoms with Crippen LogP contribution in [-0.2, 0) is 12.8 Å². The summed E-state index contributed by atoms with van der Waals surface area (Å²) >= 11 is 5.85. The van der Waals surface area contributed by atoms with Gasteiger partial charge in [-0.2, -0.15) is 4.98 Å². The molecule has 108 valence electrons. The summed E-state index contributed by atoms with van der Waals surface area (Å²) in [4.78, 5) is 3.87. The number of aliphatic hydroxyl groups is 1. The topological polar surface area (TPSA) is 59.2 Å². The molecule has 1 unspecified atom stereocenters. The van der Waals surface area contributed by atoms with Gasteiger partial charge in [0, 0.05) is 11.4 Å². The molecule has 1 aromatic carbocycles. The second kappa shape index (κ2) is 6.23. The van der Waals surface area contributed by atoms with E-state index in [9.17, 15) is 13.2 Å². The van der Waals surface area contributed by atoms with Crippen LogP contribution in [0.1, 0.15) is 17.3 Å². The number of aromatic nitrogens is 2. The largest absolute Gasteiger partial charge is 0.387 e. The first-order chi connectivity index (χ1) is 9.45. The Labute approximate surface area is 117 Å². The van der Waals surface area contributed by atoms with Crippen molar-refractivity contribution < 1.29 is 22.8 Å². The molecule has 8 heteroatoms. The van der Waals surface area contributed by atoms with Crippen LogP contribution in [0.4, 0.5) is 13.2 Å². The first kappa shape index (κ1) is 14.8. The van der Waals surface area contributed by atoms with E-state index < -0.39 is 24.8 Å². The SMILES string of the molecule is OC(Cc1nc(Cc2ccc(F)cc2Cl)no1)C(F)F. The van der Waals surface area contributed by atoms with Crippen molar-refractivity contribution in [2.45, 2.75) is 25.4 Å². The molecular formula is C12H10ClF3N2O2. The highest BCUT2D eigenvalue weighted by molar-refractivity contribution is 6.31. The molecule has 0 amide bonds. The number of alkyl halides is 2. The van der Waals surface area contributed by atoms with Crippen LogP contribution in [0.25, 0.3) is 0 Å². The number of nitrogens with zero attached hydrogens (tertiary/aromatic N) is 2. The van der Waals surface area contributed by atoms with Gasteiger partial charge in [-0.15, -0.1) is 0 Å². The molecular weight excluding hydrogens is 297 g/mol. The molecule has 0 saturated heterocycles. The molecule has 0 aliphatic carbocycles. The van der Waals surface area contributed by atoms with Crippen LogP contribution in [0.2, 0.25) is 5.02 Å². The number of hydrogen-bond acceptors (Lipinski definition) is 4. The summed E-state index contributed by atoms with van der Waals surface area (Å²) < 4.78 is 42.0. The summed E-state index contributed by atoms with van der Waals surface area (Å²) in [7, 11) is 0. The lowest BCUT2D eigenvalue weighted by Crippen LogP contribution is -2.20. The minimum atomic E-state index is -2.88. The molecule has 2 rings (SSSR count). The van der Waals surface area contributed by atoms with Gasteiger partial charge in [-0.25, -0.2) is 13.2 Å². The minimum absolute atomic E-state index is 0.0916. The van der Waals surface area contributed by atoms with Crippen molar-refractivity contribution in [3.63, 3.8) is 0 Å². The summed E-state index contributed by atoms with van der Waals surface area (Å²) in [6.07, 6.45) is -4.98. The Morgan fingerprint density at radius 2 is 2.10 bits per heavy atom. The van der Waals surface area contributed by atoms with Crippen LogP contribution in [0, 0.1) is 5.82 Å². The average Bonchev–Trinajstić information content (AvgIpc) is 2.80. The predicted molar refractivity (Wildman–Crippen MR) is 64.2 cm³/mol. The molecule has 0 bridgehead atoms. The lowest BCUT2D eigenvalue weighted by atomic mass is 10.1. The molecule has 1 aromatic heterocycles. The van der Waals surface area contributed by atoms with Gasteiger partial charge >= 0.3 is 0 Å². The van der Waals surface area contributed by atoms with Gasteiger partial charge < -0.3 is 9.63 Å². The molecule has 1 atom stereocenters. The second-order valence-electron chi connectivity index (χ2n) is 4.12. The number of halogens is 4. The van der Waals surface area contributed by atoms with Crippen LogP contribution in [0.3, 0.4) is 0 Å². The first-order valence-corrected chi connectivity index (χ1v) is 6.05. The predicted octanol–water partition coefficient (Wildman–Crippen LogP) is 2.62.